The Kier molecular flexibility index (Phi) is 12.9. The second-order valence-corrected chi connectivity index (χ2v) is 9.90. The molecule has 220 valence electrons. The second kappa shape index (κ2) is 15.8. The summed E-state index contributed by atoms with van der Waals surface area (Å²) < 4.78 is 33.8. The molecule has 0 fully saturated rings. The molecule has 0 amide bonds. The maximum Gasteiger partial charge on any atom is 0.312 e. The normalized spacial score (nSPS) is 13.5. The number of para-hydroxylation sites is 1. The van der Waals surface area contributed by atoms with Gasteiger partial charge in [-0.05, 0) is 45.7 Å². The molecule has 1 aromatic heterocycles. The highest BCUT2D eigenvalue weighted by molar-refractivity contribution is 6.00. The van der Waals surface area contributed by atoms with Crippen molar-refractivity contribution in [2.24, 2.45) is 5.41 Å². The third kappa shape index (κ3) is 9.51. The Bertz CT molecular complexity index is 1100. The lowest BCUT2D eigenvalue weighted by molar-refractivity contribution is -0.168. The predicted octanol–water partition coefficient (Wildman–Crippen LogP) is 5.17. The summed E-state index contributed by atoms with van der Waals surface area (Å²) in [5.41, 5.74) is -1.27. The molecule has 10 nitrogen and oxygen atoms in total. The van der Waals surface area contributed by atoms with Crippen molar-refractivity contribution in [3.8, 4) is 17.2 Å². The van der Waals surface area contributed by atoms with Crippen molar-refractivity contribution in [2.75, 3.05) is 20.5 Å². The molecular formula is C30H41NO9. The van der Waals surface area contributed by atoms with Crippen molar-refractivity contribution in [1.29, 1.82) is 0 Å². The zero-order chi connectivity index (χ0) is 29.7. The number of methoxy groups -OCH3 is 1. The molecule has 1 aromatic carbocycles. The van der Waals surface area contributed by atoms with Gasteiger partial charge in [0.05, 0.1) is 18.6 Å². The topological polar surface area (TPSA) is 119 Å². The summed E-state index contributed by atoms with van der Waals surface area (Å²) in [5, 5.41) is 0. The Morgan fingerprint density at radius 3 is 2.35 bits per heavy atom. The molecule has 0 radical (unpaired) electrons. The Balaban J connectivity index is 2.20. The summed E-state index contributed by atoms with van der Waals surface area (Å²) in [5.74, 6) is -0.712. The van der Waals surface area contributed by atoms with Crippen LogP contribution in [0.1, 0.15) is 71.3 Å². The highest BCUT2D eigenvalue weighted by Crippen LogP contribution is 2.33. The van der Waals surface area contributed by atoms with E-state index < -0.39 is 42.1 Å². The van der Waals surface area contributed by atoms with E-state index in [1.54, 1.807) is 20.8 Å². The van der Waals surface area contributed by atoms with Gasteiger partial charge >= 0.3 is 11.9 Å². The van der Waals surface area contributed by atoms with Crippen molar-refractivity contribution in [3.05, 3.63) is 48.3 Å². The maximum absolute atomic E-state index is 13.4. The van der Waals surface area contributed by atoms with E-state index in [2.05, 4.69) is 4.98 Å². The van der Waals surface area contributed by atoms with Crippen LogP contribution in [0.15, 0.2) is 42.6 Å². The quantitative estimate of drug-likeness (QED) is 0.146. The maximum atomic E-state index is 13.4. The molecular weight excluding hydrogens is 518 g/mol. The molecule has 1 heterocycles. The first-order chi connectivity index (χ1) is 19.0. The van der Waals surface area contributed by atoms with Gasteiger partial charge in [0, 0.05) is 32.2 Å². The largest absolute Gasteiger partial charge is 0.493 e. The van der Waals surface area contributed by atoms with Crippen LogP contribution in [-0.2, 0) is 23.8 Å². The van der Waals surface area contributed by atoms with E-state index in [0.29, 0.717) is 18.8 Å². The van der Waals surface area contributed by atoms with Gasteiger partial charge in [-0.1, -0.05) is 32.0 Å². The van der Waals surface area contributed by atoms with Crippen LogP contribution in [0.2, 0.25) is 0 Å². The van der Waals surface area contributed by atoms with Crippen LogP contribution >= 0.6 is 0 Å². The molecule has 40 heavy (non-hydrogen) atoms. The third-order valence-corrected chi connectivity index (χ3v) is 6.05. The minimum Gasteiger partial charge on any atom is -0.493 e. The molecule has 2 rings (SSSR count). The molecule has 10 heteroatoms. The number of hydrogen-bond donors (Lipinski definition) is 0. The average molecular weight is 560 g/mol. The number of ether oxygens (including phenoxy) is 6. The van der Waals surface area contributed by atoms with E-state index in [9.17, 15) is 14.4 Å². The summed E-state index contributed by atoms with van der Waals surface area (Å²) >= 11 is 0. The minimum absolute atomic E-state index is 0.0176. The molecule has 2 aromatic rings. The number of benzene rings is 1. The molecule has 0 aliphatic rings. The van der Waals surface area contributed by atoms with Gasteiger partial charge in [0.25, 0.3) is 0 Å². The minimum atomic E-state index is -1.22. The lowest BCUT2D eigenvalue weighted by atomic mass is 9.86. The van der Waals surface area contributed by atoms with E-state index in [4.69, 9.17) is 28.4 Å². The number of hydrogen-bond acceptors (Lipinski definition) is 10. The lowest BCUT2D eigenvalue weighted by Crippen LogP contribution is -2.46. The Hall–Kier alpha value is -3.66. The van der Waals surface area contributed by atoms with E-state index in [-0.39, 0.29) is 29.7 Å². The van der Waals surface area contributed by atoms with Gasteiger partial charge in [-0.3, -0.25) is 14.4 Å². The first-order valence-electron chi connectivity index (χ1n) is 13.4. The van der Waals surface area contributed by atoms with Crippen molar-refractivity contribution in [2.45, 2.75) is 79.1 Å². The molecule has 0 aliphatic carbocycles. The number of pyridine rings is 1. The highest BCUT2D eigenvalue weighted by Gasteiger charge is 2.38. The second-order valence-electron chi connectivity index (χ2n) is 9.90. The van der Waals surface area contributed by atoms with Gasteiger partial charge in [-0.15, -0.1) is 0 Å². The number of Topliss-reactive ketones (excluding diaryl/α,β-unsaturated/α-hetero) is 1. The number of esters is 2. The lowest BCUT2D eigenvalue weighted by Gasteiger charge is -2.33. The van der Waals surface area contributed by atoms with E-state index in [0.717, 1.165) is 6.42 Å². The molecule has 0 N–H and O–H groups in total. The Morgan fingerprint density at radius 2 is 1.75 bits per heavy atom. The van der Waals surface area contributed by atoms with Gasteiger partial charge in [0.1, 0.15) is 11.9 Å². The number of ketones is 1. The van der Waals surface area contributed by atoms with E-state index >= 15 is 0 Å². The smallest absolute Gasteiger partial charge is 0.312 e. The molecule has 0 saturated heterocycles. The van der Waals surface area contributed by atoms with Crippen molar-refractivity contribution >= 4 is 17.7 Å². The van der Waals surface area contributed by atoms with Crippen LogP contribution in [0.4, 0.5) is 0 Å². The summed E-state index contributed by atoms with van der Waals surface area (Å²) in [6, 6.07) is 10.8. The van der Waals surface area contributed by atoms with Gasteiger partial charge in [-0.25, -0.2) is 4.98 Å². The summed E-state index contributed by atoms with van der Waals surface area (Å²) in [6.45, 7) is 10.4. The molecule has 0 saturated carbocycles. The van der Waals surface area contributed by atoms with Crippen LogP contribution in [0, 0.1) is 5.41 Å². The summed E-state index contributed by atoms with van der Waals surface area (Å²) in [7, 11) is 1.41. The fourth-order valence-electron chi connectivity index (χ4n) is 3.90. The van der Waals surface area contributed by atoms with Crippen LogP contribution in [0.5, 0.6) is 17.2 Å². The number of aromatic nitrogens is 1. The Labute approximate surface area is 236 Å². The average Bonchev–Trinajstić information content (AvgIpc) is 2.92. The Morgan fingerprint density at radius 1 is 1.05 bits per heavy atom. The zero-order valence-corrected chi connectivity index (χ0v) is 24.4. The molecule has 0 unspecified atom stereocenters. The standard InChI is InChI=1S/C30H41NO9/c1-8-17-36-24(9-2)27(40-22-13-11-10-12-14-22)20(3)39-29(34)30(5,6)18-23(33)26-28(38-19-37-21(4)32)25(35-7)15-16-31-26/h10-16,20,24,27H,8-9,17-19H2,1-7H3/t20-,24-,27-/m0/s1. The molecule has 0 bridgehead atoms. The third-order valence-electron chi connectivity index (χ3n) is 6.05. The first kappa shape index (κ1) is 32.6. The van der Waals surface area contributed by atoms with Gasteiger partial charge in [0.15, 0.2) is 29.1 Å². The van der Waals surface area contributed by atoms with Crippen LogP contribution in [-0.4, -0.2) is 61.5 Å². The number of nitrogens with zero attached hydrogens (tertiary/aromatic N) is 1. The highest BCUT2D eigenvalue weighted by atomic mass is 16.7. The molecule has 0 spiro atoms. The zero-order valence-electron chi connectivity index (χ0n) is 24.4. The number of rotatable bonds is 17. The predicted molar refractivity (Wildman–Crippen MR) is 148 cm³/mol. The molecule has 3 atom stereocenters. The summed E-state index contributed by atoms with van der Waals surface area (Å²) in [4.78, 5) is 42.0. The van der Waals surface area contributed by atoms with Gasteiger partial charge in [-0.2, -0.15) is 0 Å². The fourth-order valence-corrected chi connectivity index (χ4v) is 3.90. The van der Waals surface area contributed by atoms with Crippen LogP contribution in [0.25, 0.3) is 0 Å². The SMILES string of the molecule is CCCO[C@@H](CC)[C@@H](Oc1ccccc1)[C@H](C)OC(=O)C(C)(C)CC(=O)c1nccc(OC)c1OCOC(C)=O. The van der Waals surface area contributed by atoms with Crippen LogP contribution < -0.4 is 14.2 Å². The van der Waals surface area contributed by atoms with Gasteiger partial charge < -0.3 is 28.4 Å². The van der Waals surface area contributed by atoms with E-state index in [1.807, 2.05) is 44.2 Å². The summed E-state index contributed by atoms with van der Waals surface area (Å²) in [6.07, 6.45) is 1.09. The number of carbonyl (C=O) groups excluding carboxylic acids is 3. The van der Waals surface area contributed by atoms with E-state index in [1.165, 1.54) is 26.3 Å². The van der Waals surface area contributed by atoms with Gasteiger partial charge in [0.2, 0.25) is 6.79 Å². The first-order valence-corrected chi connectivity index (χ1v) is 13.4. The fraction of sp³-hybridized carbons (Fsp3) is 0.533. The monoisotopic (exact) mass is 559 g/mol. The van der Waals surface area contributed by atoms with Crippen molar-refractivity contribution in [1.82, 2.24) is 4.98 Å². The number of carbonyl (C=O) groups is 3. The van der Waals surface area contributed by atoms with Crippen LogP contribution in [0.3, 0.4) is 0 Å². The van der Waals surface area contributed by atoms with Crippen molar-refractivity contribution < 1.29 is 42.8 Å². The van der Waals surface area contributed by atoms with Crippen molar-refractivity contribution in [3.63, 3.8) is 0 Å². The molecule has 0 aliphatic heterocycles.